The van der Waals surface area contributed by atoms with Crippen LogP contribution in [0.4, 0.5) is 0 Å². The first-order chi connectivity index (χ1) is 7.86. The number of imidazole rings is 1. The van der Waals surface area contributed by atoms with Crippen LogP contribution in [-0.4, -0.2) is 16.3 Å². The van der Waals surface area contributed by atoms with Crippen LogP contribution >= 0.6 is 0 Å². The van der Waals surface area contributed by atoms with Gasteiger partial charge in [0, 0.05) is 6.61 Å². The molecule has 0 spiro atoms. The number of aliphatic hydroxyl groups is 1. The summed E-state index contributed by atoms with van der Waals surface area (Å²) < 4.78 is 4.52. The van der Waals surface area contributed by atoms with Gasteiger partial charge in [0.25, 0.3) is 0 Å². The number of unbranched alkanes of at least 4 members (excludes halogenated alkanes) is 4. The Bertz CT molecular complexity index is 276. The van der Waals surface area contributed by atoms with Crippen molar-refractivity contribution in [1.82, 2.24) is 4.57 Å². The molecule has 0 aliphatic heterocycles. The van der Waals surface area contributed by atoms with Gasteiger partial charge >= 0.3 is 0 Å². The van der Waals surface area contributed by atoms with Crippen molar-refractivity contribution in [1.29, 1.82) is 0 Å². The molecule has 1 rings (SSSR count). The Morgan fingerprint density at radius 3 is 2.59 bits per heavy atom. The Labute approximate surface area is 111 Å². The van der Waals surface area contributed by atoms with Crippen LogP contribution in [-0.2, 0) is 13.1 Å². The summed E-state index contributed by atoms with van der Waals surface area (Å²) in [4.78, 5) is 0. The van der Waals surface area contributed by atoms with Crippen LogP contribution in [0.1, 0.15) is 45.4 Å². The summed E-state index contributed by atoms with van der Waals surface area (Å²) in [6.07, 6.45) is 13.5. The summed E-state index contributed by atoms with van der Waals surface area (Å²) in [7, 11) is 0. The fourth-order valence-corrected chi connectivity index (χ4v) is 1.80. The molecule has 100 valence electrons. The molecular formula is C13H25ClN2O. The SMILES string of the molecule is CCCCn1cc[n+](CCCCCCO)c1.[Cl-]. The first-order valence-corrected chi connectivity index (χ1v) is 6.52. The molecule has 0 saturated carbocycles. The van der Waals surface area contributed by atoms with Crippen LogP contribution < -0.4 is 17.0 Å². The Kier molecular flexibility index (Phi) is 10.3. The lowest BCUT2D eigenvalue weighted by atomic mass is 10.2. The smallest absolute Gasteiger partial charge is 0.243 e. The van der Waals surface area contributed by atoms with Gasteiger partial charge in [-0.3, -0.25) is 0 Å². The maximum Gasteiger partial charge on any atom is 0.243 e. The maximum absolute atomic E-state index is 8.66. The summed E-state index contributed by atoms with van der Waals surface area (Å²) in [5.41, 5.74) is 0. The van der Waals surface area contributed by atoms with Crippen molar-refractivity contribution in [2.45, 2.75) is 58.5 Å². The number of aryl methyl sites for hydroxylation is 2. The highest BCUT2D eigenvalue weighted by atomic mass is 35.5. The fraction of sp³-hybridized carbons (Fsp3) is 0.769. The molecule has 0 fully saturated rings. The van der Waals surface area contributed by atoms with E-state index < -0.39 is 0 Å². The quantitative estimate of drug-likeness (QED) is 0.454. The summed E-state index contributed by atoms with van der Waals surface area (Å²) in [6, 6.07) is 0. The highest BCUT2D eigenvalue weighted by molar-refractivity contribution is 4.65. The molecule has 0 radical (unpaired) electrons. The standard InChI is InChI=1S/C13H25N2O.ClH/c1-2-3-8-14-10-11-15(13-14)9-6-4-5-7-12-16;/h10-11,13,16H,2-9,12H2,1H3;1H/q+1;/p-1. The third kappa shape index (κ3) is 7.40. The predicted molar refractivity (Wildman–Crippen MR) is 65.1 cm³/mol. The van der Waals surface area contributed by atoms with Gasteiger partial charge in [0.2, 0.25) is 6.33 Å². The van der Waals surface area contributed by atoms with Crippen LogP contribution in [0.15, 0.2) is 18.7 Å². The van der Waals surface area contributed by atoms with Gasteiger partial charge in [-0.2, -0.15) is 0 Å². The van der Waals surface area contributed by atoms with E-state index in [0.717, 1.165) is 25.9 Å². The second kappa shape index (κ2) is 10.6. The molecule has 0 saturated heterocycles. The third-order valence-corrected chi connectivity index (χ3v) is 2.84. The van der Waals surface area contributed by atoms with Crippen molar-refractivity contribution in [3.05, 3.63) is 18.7 Å². The molecule has 1 aromatic heterocycles. The summed E-state index contributed by atoms with van der Waals surface area (Å²) in [5.74, 6) is 0. The molecule has 0 amide bonds. The van der Waals surface area contributed by atoms with Crippen molar-refractivity contribution in [3.63, 3.8) is 0 Å². The van der Waals surface area contributed by atoms with E-state index in [1.54, 1.807) is 0 Å². The van der Waals surface area contributed by atoms with Crippen molar-refractivity contribution in [2.24, 2.45) is 0 Å². The summed E-state index contributed by atoms with van der Waals surface area (Å²) >= 11 is 0. The highest BCUT2D eigenvalue weighted by Gasteiger charge is 2.02. The number of aromatic nitrogens is 2. The Morgan fingerprint density at radius 1 is 1.12 bits per heavy atom. The maximum atomic E-state index is 8.66. The van der Waals surface area contributed by atoms with E-state index in [4.69, 9.17) is 5.11 Å². The summed E-state index contributed by atoms with van der Waals surface area (Å²) in [6.45, 7) is 4.79. The van der Waals surface area contributed by atoms with Crippen LogP contribution in [0.3, 0.4) is 0 Å². The van der Waals surface area contributed by atoms with Gasteiger partial charge in [-0.25, -0.2) is 9.13 Å². The van der Waals surface area contributed by atoms with Crippen LogP contribution in [0, 0.1) is 0 Å². The highest BCUT2D eigenvalue weighted by Crippen LogP contribution is 1.99. The average molecular weight is 261 g/mol. The molecular weight excluding hydrogens is 236 g/mol. The lowest BCUT2D eigenvalue weighted by Gasteiger charge is -1.97. The average Bonchev–Trinajstić information content (AvgIpc) is 2.74. The zero-order valence-corrected chi connectivity index (χ0v) is 11.6. The third-order valence-electron chi connectivity index (χ3n) is 2.84. The largest absolute Gasteiger partial charge is 1.00 e. The van der Waals surface area contributed by atoms with E-state index in [0.29, 0.717) is 6.61 Å². The summed E-state index contributed by atoms with van der Waals surface area (Å²) in [5, 5.41) is 8.66. The zero-order chi connectivity index (χ0) is 11.6. The van der Waals surface area contributed by atoms with Gasteiger partial charge in [-0.1, -0.05) is 19.8 Å². The van der Waals surface area contributed by atoms with Crippen LogP contribution in [0.2, 0.25) is 0 Å². The normalized spacial score (nSPS) is 10.2. The number of nitrogens with zero attached hydrogens (tertiary/aromatic N) is 2. The zero-order valence-electron chi connectivity index (χ0n) is 10.8. The molecule has 0 aliphatic carbocycles. The fourth-order valence-electron chi connectivity index (χ4n) is 1.80. The lowest BCUT2D eigenvalue weighted by Crippen LogP contribution is -3.00. The van der Waals surface area contributed by atoms with Gasteiger partial charge in [-0.15, -0.1) is 0 Å². The second-order valence-corrected chi connectivity index (χ2v) is 4.38. The van der Waals surface area contributed by atoms with E-state index in [2.05, 4.69) is 34.8 Å². The lowest BCUT2D eigenvalue weighted by molar-refractivity contribution is -0.696. The molecule has 0 aliphatic rings. The molecule has 0 aromatic carbocycles. The van der Waals surface area contributed by atoms with Crippen molar-refractivity contribution in [3.8, 4) is 0 Å². The molecule has 1 heterocycles. The molecule has 1 aromatic rings. The van der Waals surface area contributed by atoms with Crippen LogP contribution in [0.25, 0.3) is 0 Å². The predicted octanol–water partition coefficient (Wildman–Crippen LogP) is -0.868. The minimum Gasteiger partial charge on any atom is -1.00 e. The van der Waals surface area contributed by atoms with E-state index in [-0.39, 0.29) is 12.4 Å². The number of aliphatic hydroxyl groups excluding tert-OH is 1. The van der Waals surface area contributed by atoms with E-state index in [1.807, 2.05) is 0 Å². The van der Waals surface area contributed by atoms with Crippen molar-refractivity contribution < 1.29 is 22.1 Å². The van der Waals surface area contributed by atoms with Gasteiger partial charge in [0.15, 0.2) is 0 Å². The molecule has 4 heteroatoms. The Morgan fingerprint density at radius 2 is 1.88 bits per heavy atom. The van der Waals surface area contributed by atoms with Gasteiger partial charge in [-0.05, 0) is 25.7 Å². The first-order valence-electron chi connectivity index (χ1n) is 6.52. The molecule has 0 bridgehead atoms. The second-order valence-electron chi connectivity index (χ2n) is 4.38. The van der Waals surface area contributed by atoms with Gasteiger partial charge in [0.05, 0.1) is 13.1 Å². The molecule has 1 N–H and O–H groups in total. The Hall–Kier alpha value is -0.540. The monoisotopic (exact) mass is 260 g/mol. The number of hydrogen-bond donors (Lipinski definition) is 1. The van der Waals surface area contributed by atoms with Crippen molar-refractivity contribution in [2.75, 3.05) is 6.61 Å². The number of halogens is 1. The van der Waals surface area contributed by atoms with Crippen LogP contribution in [0.5, 0.6) is 0 Å². The minimum atomic E-state index is 0. The molecule has 17 heavy (non-hydrogen) atoms. The molecule has 0 unspecified atom stereocenters. The van der Waals surface area contributed by atoms with Crippen molar-refractivity contribution >= 4 is 0 Å². The molecule has 3 nitrogen and oxygen atoms in total. The van der Waals surface area contributed by atoms with E-state index in [1.165, 1.54) is 25.7 Å². The van der Waals surface area contributed by atoms with E-state index >= 15 is 0 Å². The molecule has 0 atom stereocenters. The Balaban J connectivity index is 0.00000256. The minimum absolute atomic E-state index is 0. The topological polar surface area (TPSA) is 29.0 Å². The first kappa shape index (κ1) is 16.5. The number of rotatable bonds is 9. The van der Waals surface area contributed by atoms with Gasteiger partial charge in [0.1, 0.15) is 12.4 Å². The number of hydrogen-bond acceptors (Lipinski definition) is 1. The van der Waals surface area contributed by atoms with E-state index in [9.17, 15) is 0 Å². The van der Waals surface area contributed by atoms with Gasteiger partial charge < -0.3 is 17.5 Å².